The Morgan fingerprint density at radius 1 is 1.16 bits per heavy atom. The van der Waals surface area contributed by atoms with Crippen LogP contribution in [0, 0.1) is 0 Å². The topological polar surface area (TPSA) is 78.9 Å². The lowest BCUT2D eigenvalue weighted by Gasteiger charge is -2.28. The van der Waals surface area contributed by atoms with Crippen molar-refractivity contribution in [3.63, 3.8) is 0 Å². The smallest absolute Gasteiger partial charge is 0.358 e. The Morgan fingerprint density at radius 2 is 1.84 bits per heavy atom. The van der Waals surface area contributed by atoms with Crippen LogP contribution in [-0.4, -0.2) is 56.5 Å². The van der Waals surface area contributed by atoms with E-state index in [-0.39, 0.29) is 17.8 Å². The van der Waals surface area contributed by atoms with Gasteiger partial charge in [-0.05, 0) is 63.0 Å². The maximum Gasteiger partial charge on any atom is 0.488 e. The van der Waals surface area contributed by atoms with Crippen molar-refractivity contribution in [2.75, 3.05) is 31.5 Å². The Kier molecular flexibility index (Phi) is 5.43. The highest BCUT2D eigenvalue weighted by Gasteiger charge is 2.30. The molecule has 1 N–H and O–H groups in total. The quantitative estimate of drug-likeness (QED) is 0.804. The Bertz CT molecular complexity index is 705. The van der Waals surface area contributed by atoms with Gasteiger partial charge in [-0.3, -0.25) is 0 Å². The van der Waals surface area contributed by atoms with E-state index in [2.05, 4.69) is 14.4 Å². The van der Waals surface area contributed by atoms with Gasteiger partial charge in [0.1, 0.15) is 5.75 Å². The number of rotatable bonds is 5. The summed E-state index contributed by atoms with van der Waals surface area (Å²) in [6.07, 6.45) is 4.45. The van der Waals surface area contributed by atoms with Crippen molar-refractivity contribution in [2.24, 2.45) is 0 Å². The maximum absolute atomic E-state index is 12.5. The van der Waals surface area contributed by atoms with Gasteiger partial charge in [-0.1, -0.05) is 3.89 Å². The molecule has 3 rings (SSSR count). The van der Waals surface area contributed by atoms with E-state index in [0.29, 0.717) is 5.69 Å². The second kappa shape index (κ2) is 7.57. The molecule has 0 aromatic heterocycles. The Balaban J connectivity index is 1.57. The minimum absolute atomic E-state index is 0.145. The van der Waals surface area contributed by atoms with Gasteiger partial charge < -0.3 is 19.3 Å². The number of urea groups is 1. The lowest BCUT2D eigenvalue weighted by atomic mass is 10.2. The van der Waals surface area contributed by atoms with E-state index in [1.165, 1.54) is 37.1 Å². The van der Waals surface area contributed by atoms with Gasteiger partial charge in [-0.15, -0.1) is 0 Å². The van der Waals surface area contributed by atoms with Crippen LogP contribution >= 0.6 is 0 Å². The molecular weight excluding hydrogens is 349 g/mol. The molecule has 0 radical (unpaired) electrons. The second-order valence-corrected chi connectivity index (χ2v) is 7.38. The fraction of sp³-hybridized carbons (Fsp3) is 0.562. The summed E-state index contributed by atoms with van der Waals surface area (Å²) in [6.45, 7) is 3.84. The summed E-state index contributed by atoms with van der Waals surface area (Å²) < 4.78 is 37.5. The number of likely N-dealkylation sites (tertiary alicyclic amines) is 2. The average molecular weight is 371 g/mol. The lowest BCUT2D eigenvalue weighted by Crippen LogP contribution is -2.44. The van der Waals surface area contributed by atoms with E-state index in [9.17, 15) is 17.1 Å². The van der Waals surface area contributed by atoms with Gasteiger partial charge in [0, 0.05) is 24.8 Å². The van der Waals surface area contributed by atoms with Crippen molar-refractivity contribution >= 4 is 22.2 Å². The minimum atomic E-state index is -5.05. The summed E-state index contributed by atoms with van der Waals surface area (Å²) in [5.41, 5.74) is 0.500. The van der Waals surface area contributed by atoms with Gasteiger partial charge in [-0.25, -0.2) is 4.79 Å². The van der Waals surface area contributed by atoms with Crippen LogP contribution in [0.3, 0.4) is 0 Å². The minimum Gasteiger partial charge on any atom is -0.358 e. The van der Waals surface area contributed by atoms with Crippen molar-refractivity contribution in [1.29, 1.82) is 0 Å². The van der Waals surface area contributed by atoms with Gasteiger partial charge in [0.05, 0.1) is 0 Å². The Morgan fingerprint density at radius 3 is 2.48 bits per heavy atom. The molecule has 1 unspecified atom stereocenters. The second-order valence-electron chi connectivity index (χ2n) is 6.43. The molecule has 1 atom stereocenters. The third kappa shape index (κ3) is 5.05. The first-order valence-corrected chi connectivity index (χ1v) is 9.76. The number of carbonyl (C=O) groups is 1. The number of benzene rings is 1. The molecule has 2 aliphatic heterocycles. The van der Waals surface area contributed by atoms with E-state index >= 15 is 0 Å². The number of hydrogen-bond donors (Lipinski definition) is 1. The number of amides is 2. The van der Waals surface area contributed by atoms with Crippen LogP contribution in [-0.2, 0) is 10.5 Å². The summed E-state index contributed by atoms with van der Waals surface area (Å²) in [4.78, 5) is 16.8. The Hall–Kier alpha value is -1.87. The standard InChI is InChI=1S/C16H22FN3O4S/c17-25(22,23)24-15-7-5-13(6-8-15)18-16(21)20-11-3-4-14(20)12-19-9-1-2-10-19/h5-8,14H,1-4,9-12H2,(H,18,21). The van der Waals surface area contributed by atoms with Crippen LogP contribution < -0.4 is 9.50 Å². The van der Waals surface area contributed by atoms with Crippen LogP contribution in [0.1, 0.15) is 25.7 Å². The third-order valence-electron chi connectivity index (χ3n) is 4.61. The first-order chi connectivity index (χ1) is 11.9. The number of hydrogen-bond acceptors (Lipinski definition) is 5. The maximum atomic E-state index is 12.5. The van der Waals surface area contributed by atoms with E-state index in [4.69, 9.17) is 0 Å². The van der Waals surface area contributed by atoms with E-state index in [1.54, 1.807) is 0 Å². The molecular formula is C16H22FN3O4S. The van der Waals surface area contributed by atoms with Crippen LogP contribution in [0.15, 0.2) is 24.3 Å². The van der Waals surface area contributed by atoms with Crippen molar-refractivity contribution in [2.45, 2.75) is 31.7 Å². The molecule has 0 spiro atoms. The first kappa shape index (κ1) is 17.9. The molecule has 9 heteroatoms. The molecule has 0 saturated carbocycles. The number of nitrogens with zero attached hydrogens (tertiary/aromatic N) is 2. The van der Waals surface area contributed by atoms with E-state index < -0.39 is 10.5 Å². The van der Waals surface area contributed by atoms with Gasteiger partial charge in [0.2, 0.25) is 0 Å². The molecule has 1 aromatic rings. The molecule has 7 nitrogen and oxygen atoms in total. The van der Waals surface area contributed by atoms with Gasteiger partial charge in [0.15, 0.2) is 0 Å². The van der Waals surface area contributed by atoms with Crippen molar-refractivity contribution in [3.8, 4) is 5.75 Å². The van der Waals surface area contributed by atoms with E-state index in [0.717, 1.165) is 39.0 Å². The van der Waals surface area contributed by atoms with E-state index in [1.807, 2.05) is 4.90 Å². The van der Waals surface area contributed by atoms with Crippen LogP contribution in [0.2, 0.25) is 0 Å². The number of anilines is 1. The third-order valence-corrected chi connectivity index (χ3v) is 5.00. The molecule has 2 aliphatic rings. The fourth-order valence-electron chi connectivity index (χ4n) is 3.46. The number of carbonyl (C=O) groups excluding carboxylic acids is 1. The number of halogens is 1. The molecule has 2 amide bonds. The van der Waals surface area contributed by atoms with Crippen LogP contribution in [0.25, 0.3) is 0 Å². The summed E-state index contributed by atoms with van der Waals surface area (Å²) in [7, 11) is -5.05. The normalized spacial score (nSPS) is 21.5. The van der Waals surface area contributed by atoms with Crippen molar-refractivity contribution in [3.05, 3.63) is 24.3 Å². The fourth-order valence-corrected chi connectivity index (χ4v) is 3.80. The largest absolute Gasteiger partial charge is 0.488 e. The highest BCUT2D eigenvalue weighted by atomic mass is 32.3. The monoisotopic (exact) mass is 371 g/mol. The van der Waals surface area contributed by atoms with Gasteiger partial charge in [0.25, 0.3) is 0 Å². The average Bonchev–Trinajstić information content (AvgIpc) is 3.20. The summed E-state index contributed by atoms with van der Waals surface area (Å²) in [5, 5.41) is 2.80. The van der Waals surface area contributed by atoms with Gasteiger partial charge >= 0.3 is 16.5 Å². The first-order valence-electron chi connectivity index (χ1n) is 8.45. The van der Waals surface area contributed by atoms with Crippen molar-refractivity contribution < 1.29 is 21.3 Å². The molecule has 2 saturated heterocycles. The lowest BCUT2D eigenvalue weighted by molar-refractivity contribution is 0.186. The highest BCUT2D eigenvalue weighted by molar-refractivity contribution is 7.81. The van der Waals surface area contributed by atoms with Crippen molar-refractivity contribution in [1.82, 2.24) is 9.80 Å². The highest BCUT2D eigenvalue weighted by Crippen LogP contribution is 2.23. The molecule has 2 heterocycles. The SMILES string of the molecule is O=C(Nc1ccc(OS(=O)(=O)F)cc1)N1CCCC1CN1CCCC1. The summed E-state index contributed by atoms with van der Waals surface area (Å²) >= 11 is 0. The molecule has 1 aromatic carbocycles. The Labute approximate surface area is 147 Å². The molecule has 0 aliphatic carbocycles. The van der Waals surface area contributed by atoms with Gasteiger partial charge in [-0.2, -0.15) is 8.42 Å². The predicted octanol–water partition coefficient (Wildman–Crippen LogP) is 2.37. The number of nitrogens with one attached hydrogen (secondary N) is 1. The van der Waals surface area contributed by atoms with Crippen LogP contribution in [0.5, 0.6) is 5.75 Å². The van der Waals surface area contributed by atoms with Crippen LogP contribution in [0.4, 0.5) is 14.4 Å². The zero-order valence-corrected chi connectivity index (χ0v) is 14.7. The molecule has 2 fully saturated rings. The predicted molar refractivity (Wildman–Crippen MR) is 91.5 cm³/mol. The molecule has 0 bridgehead atoms. The molecule has 138 valence electrons. The zero-order valence-electron chi connectivity index (χ0n) is 13.9. The molecule has 25 heavy (non-hydrogen) atoms. The summed E-state index contributed by atoms with van der Waals surface area (Å²) in [6, 6.07) is 5.58. The summed E-state index contributed by atoms with van der Waals surface area (Å²) in [5.74, 6) is -0.145. The zero-order chi connectivity index (χ0) is 17.9.